The summed E-state index contributed by atoms with van der Waals surface area (Å²) in [4.78, 5) is 0. The zero-order chi connectivity index (χ0) is 21.1. The van der Waals surface area contributed by atoms with Gasteiger partial charge in [-0.1, -0.05) is 12.1 Å². The normalized spacial score (nSPS) is 14.9. The lowest BCUT2D eigenvalue weighted by Crippen LogP contribution is -2.42. The predicted molar refractivity (Wildman–Crippen MR) is 107 cm³/mol. The molecule has 1 heterocycles. The van der Waals surface area contributed by atoms with Crippen LogP contribution in [0.25, 0.3) is 22.0 Å². The molecule has 0 saturated heterocycles. The maximum absolute atomic E-state index is 9.59. The summed E-state index contributed by atoms with van der Waals surface area (Å²) in [6.07, 6.45) is -5.43. The zero-order valence-electron chi connectivity index (χ0n) is 16.5. The summed E-state index contributed by atoms with van der Waals surface area (Å²) in [5.41, 5.74) is 4.64. The molecule has 0 bridgehead atoms. The number of H-pyrrole nitrogens is 1. The maximum Gasteiger partial charge on any atom is 0.251 e. The monoisotopic (exact) mass is 402 g/mol. The number of benzene rings is 2. The number of aliphatic hydroxyl groups is 4. The topological polar surface area (TPSA) is 128 Å². The molecule has 0 radical (unpaired) electrons. The van der Waals surface area contributed by atoms with Crippen molar-refractivity contribution in [3.05, 3.63) is 47.7 Å². The van der Waals surface area contributed by atoms with Gasteiger partial charge in [-0.2, -0.15) is 5.10 Å². The van der Waals surface area contributed by atoms with Crippen LogP contribution in [-0.2, 0) is 4.74 Å². The van der Waals surface area contributed by atoms with E-state index in [0.29, 0.717) is 5.75 Å². The van der Waals surface area contributed by atoms with Crippen molar-refractivity contribution in [1.82, 2.24) is 10.2 Å². The Labute approximate surface area is 168 Å². The fourth-order valence-electron chi connectivity index (χ4n) is 3.05. The molecule has 0 spiro atoms. The van der Waals surface area contributed by atoms with E-state index in [1.54, 1.807) is 6.07 Å². The summed E-state index contributed by atoms with van der Waals surface area (Å²) in [5, 5.41) is 46.2. The third-order valence-corrected chi connectivity index (χ3v) is 4.78. The largest absolute Gasteiger partial charge is 0.459 e. The van der Waals surface area contributed by atoms with Crippen LogP contribution in [0.15, 0.2) is 36.4 Å². The number of aliphatic hydroxyl groups excluding tert-OH is 3. The van der Waals surface area contributed by atoms with Crippen LogP contribution < -0.4 is 4.74 Å². The van der Waals surface area contributed by atoms with Crippen LogP contribution in [0.3, 0.4) is 0 Å². The van der Waals surface area contributed by atoms with Gasteiger partial charge in [0.05, 0.1) is 23.9 Å². The highest BCUT2D eigenvalue weighted by molar-refractivity contribution is 5.86. The molecule has 3 aromatic rings. The lowest BCUT2D eigenvalue weighted by molar-refractivity contribution is -0.250. The molecule has 8 heteroatoms. The standard InChI is InChI=1S/C21H26N2O6/c1-11-8-14(15-4-6-17-16(9-15)12(2)22-23-17)5-7-18(11)28-21(20(26)27)29-19(10-24)13(3)25/h4-9,13,19-21,24-27H,10H2,1-3H3,(H,22,23). The number of nitrogens with zero attached hydrogens (tertiary/aromatic N) is 1. The van der Waals surface area contributed by atoms with Gasteiger partial charge >= 0.3 is 0 Å². The van der Waals surface area contributed by atoms with E-state index < -0.39 is 31.4 Å². The molecule has 2 aromatic carbocycles. The molecule has 0 aliphatic heterocycles. The van der Waals surface area contributed by atoms with Crippen LogP contribution >= 0.6 is 0 Å². The number of aromatic nitrogens is 2. The number of fused-ring (bicyclic) bond motifs is 1. The SMILES string of the molecule is Cc1cc(-c2ccc3[nH]nc(C)c3c2)ccc1OC(OC(CO)C(C)O)C(O)O. The van der Waals surface area contributed by atoms with Gasteiger partial charge in [0, 0.05) is 5.39 Å². The number of nitrogens with one attached hydrogen (secondary N) is 1. The third-order valence-electron chi connectivity index (χ3n) is 4.78. The molecule has 3 atom stereocenters. The van der Waals surface area contributed by atoms with Crippen molar-refractivity contribution in [2.75, 3.05) is 6.61 Å². The van der Waals surface area contributed by atoms with Crippen LogP contribution in [0.5, 0.6) is 5.75 Å². The highest BCUT2D eigenvalue weighted by Crippen LogP contribution is 2.30. The van der Waals surface area contributed by atoms with E-state index >= 15 is 0 Å². The first-order valence-corrected chi connectivity index (χ1v) is 9.33. The average Bonchev–Trinajstić information content (AvgIpc) is 3.06. The average molecular weight is 402 g/mol. The van der Waals surface area contributed by atoms with E-state index in [9.17, 15) is 20.4 Å². The Morgan fingerprint density at radius 2 is 1.72 bits per heavy atom. The Hall–Kier alpha value is -2.49. The van der Waals surface area contributed by atoms with Crippen molar-refractivity contribution >= 4 is 10.9 Å². The minimum absolute atomic E-state index is 0.398. The van der Waals surface area contributed by atoms with Gasteiger partial charge in [-0.05, 0) is 61.7 Å². The van der Waals surface area contributed by atoms with E-state index in [0.717, 1.165) is 33.3 Å². The summed E-state index contributed by atoms with van der Waals surface area (Å²) in [7, 11) is 0. The van der Waals surface area contributed by atoms with Gasteiger partial charge in [0.1, 0.15) is 11.9 Å². The molecular formula is C21H26N2O6. The van der Waals surface area contributed by atoms with Gasteiger partial charge in [-0.15, -0.1) is 0 Å². The highest BCUT2D eigenvalue weighted by Gasteiger charge is 2.27. The lowest BCUT2D eigenvalue weighted by Gasteiger charge is -2.27. The molecule has 0 saturated carbocycles. The van der Waals surface area contributed by atoms with Gasteiger partial charge in [0.15, 0.2) is 0 Å². The Balaban J connectivity index is 1.82. The predicted octanol–water partition coefficient (Wildman–Crippen LogP) is 1.62. The van der Waals surface area contributed by atoms with Crippen LogP contribution in [0.1, 0.15) is 18.2 Å². The smallest absolute Gasteiger partial charge is 0.251 e. The van der Waals surface area contributed by atoms with E-state index in [1.807, 2.05) is 38.1 Å². The second-order valence-electron chi connectivity index (χ2n) is 7.05. The summed E-state index contributed by atoms with van der Waals surface area (Å²) in [5.74, 6) is 0.398. The Kier molecular flexibility index (Phi) is 6.51. The number of aryl methyl sites for hydroxylation is 2. The number of aromatic amines is 1. The minimum Gasteiger partial charge on any atom is -0.459 e. The molecule has 5 N–H and O–H groups in total. The maximum atomic E-state index is 9.59. The highest BCUT2D eigenvalue weighted by atomic mass is 16.7. The molecular weight excluding hydrogens is 376 g/mol. The quantitative estimate of drug-likeness (QED) is 0.362. The second-order valence-corrected chi connectivity index (χ2v) is 7.05. The molecule has 0 aliphatic carbocycles. The molecule has 0 amide bonds. The minimum atomic E-state index is -1.95. The first-order valence-electron chi connectivity index (χ1n) is 9.33. The van der Waals surface area contributed by atoms with Gasteiger partial charge < -0.3 is 29.9 Å². The van der Waals surface area contributed by atoms with Crippen molar-refractivity contribution in [2.24, 2.45) is 0 Å². The van der Waals surface area contributed by atoms with Gasteiger partial charge in [0.25, 0.3) is 6.29 Å². The fraction of sp³-hybridized carbons (Fsp3) is 0.381. The van der Waals surface area contributed by atoms with E-state index in [1.165, 1.54) is 6.92 Å². The Bertz CT molecular complexity index is 969. The van der Waals surface area contributed by atoms with Gasteiger partial charge in [-0.3, -0.25) is 5.10 Å². The second kappa shape index (κ2) is 8.89. The summed E-state index contributed by atoms with van der Waals surface area (Å²) in [6, 6.07) is 11.5. The molecule has 0 aliphatic rings. The number of hydrogen-bond acceptors (Lipinski definition) is 7. The van der Waals surface area contributed by atoms with Crippen molar-refractivity contribution in [3.63, 3.8) is 0 Å². The summed E-state index contributed by atoms with van der Waals surface area (Å²) < 4.78 is 10.9. The van der Waals surface area contributed by atoms with E-state index in [4.69, 9.17) is 9.47 Å². The molecule has 3 rings (SSSR count). The van der Waals surface area contributed by atoms with Gasteiger partial charge in [-0.25, -0.2) is 0 Å². The van der Waals surface area contributed by atoms with Crippen molar-refractivity contribution in [3.8, 4) is 16.9 Å². The number of ether oxygens (including phenoxy) is 2. The van der Waals surface area contributed by atoms with Gasteiger partial charge in [0.2, 0.25) is 6.29 Å². The summed E-state index contributed by atoms with van der Waals surface area (Å²) in [6.45, 7) is 4.72. The molecule has 29 heavy (non-hydrogen) atoms. The van der Waals surface area contributed by atoms with Crippen LogP contribution in [0, 0.1) is 13.8 Å². The van der Waals surface area contributed by atoms with E-state index in [2.05, 4.69) is 16.3 Å². The first-order chi connectivity index (χ1) is 13.8. The fourth-order valence-corrected chi connectivity index (χ4v) is 3.05. The van der Waals surface area contributed by atoms with Crippen LogP contribution in [0.4, 0.5) is 0 Å². The number of hydrogen-bond donors (Lipinski definition) is 5. The molecule has 3 unspecified atom stereocenters. The molecule has 1 aromatic heterocycles. The molecule has 8 nitrogen and oxygen atoms in total. The Morgan fingerprint density at radius 1 is 1.03 bits per heavy atom. The molecule has 0 fully saturated rings. The van der Waals surface area contributed by atoms with Crippen LogP contribution in [-0.4, -0.2) is 62.0 Å². The summed E-state index contributed by atoms with van der Waals surface area (Å²) >= 11 is 0. The zero-order valence-corrected chi connectivity index (χ0v) is 16.5. The van der Waals surface area contributed by atoms with Crippen molar-refractivity contribution in [2.45, 2.75) is 45.6 Å². The Morgan fingerprint density at radius 3 is 2.34 bits per heavy atom. The first kappa shape index (κ1) is 21.2. The number of rotatable bonds is 8. The van der Waals surface area contributed by atoms with Crippen molar-refractivity contribution < 1.29 is 29.9 Å². The van der Waals surface area contributed by atoms with E-state index in [-0.39, 0.29) is 0 Å². The van der Waals surface area contributed by atoms with Crippen molar-refractivity contribution in [1.29, 1.82) is 0 Å². The lowest BCUT2D eigenvalue weighted by atomic mass is 10.0. The third kappa shape index (κ3) is 4.75. The van der Waals surface area contributed by atoms with Crippen LogP contribution in [0.2, 0.25) is 0 Å². The molecule has 156 valence electrons.